The molecule has 1 aliphatic heterocycles. The molecule has 0 bridgehead atoms. The van der Waals surface area contributed by atoms with Crippen LogP contribution >= 0.6 is 0 Å². The second-order valence-electron chi connectivity index (χ2n) is 8.33. The molecule has 0 spiro atoms. The molecule has 8 heteroatoms. The quantitative estimate of drug-likeness (QED) is 0.571. The SMILES string of the molecule is CCOC(=O)N1CCN(C(=O)c2cc(-c3cccc(OC)c3)nn2-c2cc(C)ccc2C)CC1. The summed E-state index contributed by atoms with van der Waals surface area (Å²) in [5.74, 6) is 0.604. The minimum Gasteiger partial charge on any atom is -0.497 e. The van der Waals surface area contributed by atoms with Crippen LogP contribution in [0.5, 0.6) is 5.75 Å². The number of rotatable bonds is 5. The zero-order valence-electron chi connectivity index (χ0n) is 20.1. The fraction of sp³-hybridized carbons (Fsp3) is 0.346. The number of hydrogen-bond donors (Lipinski definition) is 0. The number of methoxy groups -OCH3 is 1. The third-order valence-corrected chi connectivity index (χ3v) is 5.98. The predicted molar refractivity (Wildman–Crippen MR) is 130 cm³/mol. The number of amides is 2. The van der Waals surface area contributed by atoms with Crippen LogP contribution in [-0.2, 0) is 4.74 Å². The predicted octanol–water partition coefficient (Wildman–Crippen LogP) is 4.08. The van der Waals surface area contributed by atoms with Crippen molar-refractivity contribution in [2.75, 3.05) is 39.9 Å². The van der Waals surface area contributed by atoms with Gasteiger partial charge in [-0.1, -0.05) is 24.3 Å². The third kappa shape index (κ3) is 4.76. The lowest BCUT2D eigenvalue weighted by Crippen LogP contribution is -2.51. The van der Waals surface area contributed by atoms with Gasteiger partial charge < -0.3 is 19.3 Å². The highest BCUT2D eigenvalue weighted by Gasteiger charge is 2.28. The summed E-state index contributed by atoms with van der Waals surface area (Å²) in [4.78, 5) is 29.1. The van der Waals surface area contributed by atoms with Crippen molar-refractivity contribution in [1.29, 1.82) is 0 Å². The van der Waals surface area contributed by atoms with Crippen LogP contribution in [-0.4, -0.2) is 71.5 Å². The molecule has 0 aliphatic carbocycles. The van der Waals surface area contributed by atoms with Gasteiger partial charge in [0.05, 0.1) is 25.1 Å². The third-order valence-electron chi connectivity index (χ3n) is 5.98. The molecule has 8 nitrogen and oxygen atoms in total. The maximum absolute atomic E-state index is 13.7. The molecule has 0 atom stereocenters. The summed E-state index contributed by atoms with van der Waals surface area (Å²) in [7, 11) is 1.62. The summed E-state index contributed by atoms with van der Waals surface area (Å²) in [6, 6.07) is 15.6. The highest BCUT2D eigenvalue weighted by molar-refractivity contribution is 5.94. The van der Waals surface area contributed by atoms with E-state index in [0.29, 0.717) is 44.2 Å². The first kappa shape index (κ1) is 23.4. The molecule has 1 fully saturated rings. The van der Waals surface area contributed by atoms with Crippen LogP contribution in [0.2, 0.25) is 0 Å². The van der Waals surface area contributed by atoms with Gasteiger partial charge in [-0.3, -0.25) is 4.79 Å². The zero-order chi connectivity index (χ0) is 24.2. The summed E-state index contributed by atoms with van der Waals surface area (Å²) in [6.45, 7) is 7.88. The average Bonchev–Trinajstić information content (AvgIpc) is 3.30. The molecule has 3 aromatic rings. The molecular formula is C26H30N4O4. The molecule has 0 radical (unpaired) electrons. The number of carbonyl (C=O) groups is 2. The summed E-state index contributed by atoms with van der Waals surface area (Å²) in [5, 5.41) is 4.84. The molecular weight excluding hydrogens is 432 g/mol. The van der Waals surface area contributed by atoms with Crippen molar-refractivity contribution < 1.29 is 19.1 Å². The molecule has 0 saturated carbocycles. The molecule has 2 amide bonds. The van der Waals surface area contributed by atoms with Gasteiger partial charge in [0.25, 0.3) is 5.91 Å². The van der Waals surface area contributed by atoms with Gasteiger partial charge in [-0.25, -0.2) is 9.48 Å². The standard InChI is InChI=1S/C26H30N4O4/c1-5-34-26(32)29-13-11-28(12-14-29)25(31)24-17-22(20-7-6-8-21(16-20)33-4)27-30(24)23-15-18(2)9-10-19(23)3/h6-10,15-17H,5,11-14H2,1-4H3. The first-order chi connectivity index (χ1) is 16.4. The minimum absolute atomic E-state index is 0.119. The number of benzene rings is 2. The molecule has 1 aliphatic rings. The Bertz CT molecular complexity index is 1200. The van der Waals surface area contributed by atoms with Gasteiger partial charge in [0.15, 0.2) is 0 Å². The van der Waals surface area contributed by atoms with Crippen LogP contribution in [0.3, 0.4) is 0 Å². The van der Waals surface area contributed by atoms with Gasteiger partial charge in [-0.05, 0) is 56.2 Å². The average molecular weight is 463 g/mol. The summed E-state index contributed by atoms with van der Waals surface area (Å²) >= 11 is 0. The van der Waals surface area contributed by atoms with Crippen molar-refractivity contribution >= 4 is 12.0 Å². The zero-order valence-corrected chi connectivity index (χ0v) is 20.1. The van der Waals surface area contributed by atoms with E-state index in [9.17, 15) is 9.59 Å². The van der Waals surface area contributed by atoms with E-state index in [-0.39, 0.29) is 12.0 Å². The van der Waals surface area contributed by atoms with Crippen molar-refractivity contribution in [1.82, 2.24) is 19.6 Å². The molecule has 2 aromatic carbocycles. The number of carbonyl (C=O) groups excluding carboxylic acids is 2. The number of aryl methyl sites for hydroxylation is 2. The van der Waals surface area contributed by atoms with E-state index in [0.717, 1.165) is 28.1 Å². The fourth-order valence-electron chi connectivity index (χ4n) is 4.06. The smallest absolute Gasteiger partial charge is 0.409 e. The Kier molecular flexibility index (Phi) is 6.86. The Balaban J connectivity index is 1.69. The van der Waals surface area contributed by atoms with Crippen LogP contribution in [0.4, 0.5) is 4.79 Å². The largest absolute Gasteiger partial charge is 0.497 e. The van der Waals surface area contributed by atoms with E-state index in [1.165, 1.54) is 0 Å². The van der Waals surface area contributed by atoms with Gasteiger partial charge in [0, 0.05) is 31.7 Å². The topological polar surface area (TPSA) is 76.9 Å². The van der Waals surface area contributed by atoms with Crippen LogP contribution in [0.1, 0.15) is 28.5 Å². The molecule has 1 saturated heterocycles. The van der Waals surface area contributed by atoms with Crippen LogP contribution in [0.25, 0.3) is 16.9 Å². The first-order valence-corrected chi connectivity index (χ1v) is 11.4. The van der Waals surface area contributed by atoms with Gasteiger partial charge in [0.1, 0.15) is 11.4 Å². The van der Waals surface area contributed by atoms with Crippen molar-refractivity contribution in [3.05, 3.63) is 65.4 Å². The van der Waals surface area contributed by atoms with Gasteiger partial charge in [-0.15, -0.1) is 0 Å². The van der Waals surface area contributed by atoms with Gasteiger partial charge >= 0.3 is 6.09 Å². The Morgan fingerprint density at radius 3 is 2.41 bits per heavy atom. The van der Waals surface area contributed by atoms with Crippen LogP contribution in [0.15, 0.2) is 48.5 Å². The van der Waals surface area contributed by atoms with E-state index >= 15 is 0 Å². The summed E-state index contributed by atoms with van der Waals surface area (Å²) < 4.78 is 12.2. The Morgan fingerprint density at radius 2 is 1.71 bits per heavy atom. The lowest BCUT2D eigenvalue weighted by molar-refractivity contribution is 0.0563. The normalized spacial score (nSPS) is 13.6. The van der Waals surface area contributed by atoms with E-state index in [1.54, 1.807) is 28.5 Å². The number of nitrogens with zero attached hydrogens (tertiary/aromatic N) is 4. The number of hydrogen-bond acceptors (Lipinski definition) is 5. The van der Waals surface area contributed by atoms with E-state index in [2.05, 4.69) is 0 Å². The Labute approximate surface area is 199 Å². The van der Waals surface area contributed by atoms with Crippen LogP contribution < -0.4 is 4.74 Å². The number of ether oxygens (including phenoxy) is 2. The Hall–Kier alpha value is -3.81. The minimum atomic E-state index is -0.338. The number of aromatic nitrogens is 2. The van der Waals surface area contributed by atoms with Crippen molar-refractivity contribution in [3.63, 3.8) is 0 Å². The highest BCUT2D eigenvalue weighted by atomic mass is 16.6. The lowest BCUT2D eigenvalue weighted by Gasteiger charge is -2.34. The first-order valence-electron chi connectivity index (χ1n) is 11.4. The molecule has 1 aromatic heterocycles. The fourth-order valence-corrected chi connectivity index (χ4v) is 4.06. The molecule has 2 heterocycles. The van der Waals surface area contributed by atoms with Crippen LogP contribution in [0, 0.1) is 13.8 Å². The highest BCUT2D eigenvalue weighted by Crippen LogP contribution is 2.27. The molecule has 178 valence electrons. The lowest BCUT2D eigenvalue weighted by atomic mass is 10.1. The van der Waals surface area contributed by atoms with E-state index in [1.807, 2.05) is 62.4 Å². The monoisotopic (exact) mass is 462 g/mol. The molecule has 0 unspecified atom stereocenters. The van der Waals surface area contributed by atoms with Crippen molar-refractivity contribution in [2.24, 2.45) is 0 Å². The molecule has 34 heavy (non-hydrogen) atoms. The Morgan fingerprint density at radius 1 is 0.971 bits per heavy atom. The second kappa shape index (κ2) is 9.99. The number of piperazine rings is 1. The van der Waals surface area contributed by atoms with Crippen molar-refractivity contribution in [3.8, 4) is 22.7 Å². The van der Waals surface area contributed by atoms with Gasteiger partial charge in [0.2, 0.25) is 0 Å². The second-order valence-corrected chi connectivity index (χ2v) is 8.33. The van der Waals surface area contributed by atoms with Gasteiger partial charge in [-0.2, -0.15) is 5.10 Å². The summed E-state index contributed by atoms with van der Waals surface area (Å²) in [6.07, 6.45) is -0.338. The van der Waals surface area contributed by atoms with Crippen molar-refractivity contribution in [2.45, 2.75) is 20.8 Å². The summed E-state index contributed by atoms with van der Waals surface area (Å²) in [5.41, 5.74) is 5.00. The molecule has 0 N–H and O–H groups in total. The maximum Gasteiger partial charge on any atom is 0.409 e. The maximum atomic E-state index is 13.7. The molecule has 4 rings (SSSR count). The van der Waals surface area contributed by atoms with E-state index < -0.39 is 0 Å². The van der Waals surface area contributed by atoms with E-state index in [4.69, 9.17) is 14.6 Å².